The van der Waals surface area contributed by atoms with Crippen LogP contribution in [0, 0.1) is 39.5 Å². The first-order valence-corrected chi connectivity index (χ1v) is 8.54. The second-order valence-corrected chi connectivity index (χ2v) is 7.58. The van der Waals surface area contributed by atoms with Gasteiger partial charge in [-0.25, -0.2) is 0 Å². The maximum atomic E-state index is 4.04. The van der Waals surface area contributed by atoms with Crippen molar-refractivity contribution in [3.05, 3.63) is 33.9 Å². The highest BCUT2D eigenvalue weighted by Gasteiger charge is 2.28. The molecule has 1 atom stereocenters. The van der Waals surface area contributed by atoms with Gasteiger partial charge in [0.1, 0.15) is 0 Å². The van der Waals surface area contributed by atoms with Gasteiger partial charge in [-0.05, 0) is 80.2 Å². The maximum Gasteiger partial charge on any atom is 0.0428 e. The van der Waals surface area contributed by atoms with Crippen LogP contribution in [0.4, 0.5) is 0 Å². The number of hydrogen-bond acceptors (Lipinski definition) is 0. The summed E-state index contributed by atoms with van der Waals surface area (Å²) in [5.74, 6) is 1.74. The fourth-order valence-electron chi connectivity index (χ4n) is 3.48. The van der Waals surface area contributed by atoms with Crippen molar-refractivity contribution in [2.45, 2.75) is 65.1 Å². The van der Waals surface area contributed by atoms with Gasteiger partial charge in [-0.1, -0.05) is 41.8 Å². The smallest absolute Gasteiger partial charge is 0.0428 e. The summed E-state index contributed by atoms with van der Waals surface area (Å²) in [4.78, 5) is 0.540. The minimum Gasteiger partial charge on any atom is -0.0836 e. The lowest BCUT2D eigenvalue weighted by Gasteiger charge is -2.32. The molecule has 1 aromatic rings. The van der Waals surface area contributed by atoms with Crippen molar-refractivity contribution < 1.29 is 0 Å². The van der Waals surface area contributed by atoms with E-state index in [1.165, 1.54) is 47.9 Å². The van der Waals surface area contributed by atoms with Crippen molar-refractivity contribution in [2.75, 3.05) is 0 Å². The number of halogens is 1. The molecule has 0 nitrogen and oxygen atoms in total. The molecule has 0 N–H and O–H groups in total. The van der Waals surface area contributed by atoms with Gasteiger partial charge in [0.05, 0.1) is 0 Å². The first kappa shape index (κ1) is 15.1. The minimum atomic E-state index is 0.540. The van der Waals surface area contributed by atoms with Crippen molar-refractivity contribution in [3.63, 3.8) is 0 Å². The van der Waals surface area contributed by atoms with E-state index < -0.39 is 0 Å². The Morgan fingerprint density at radius 1 is 0.947 bits per heavy atom. The molecule has 0 aromatic heterocycles. The van der Waals surface area contributed by atoms with Crippen LogP contribution in [0.15, 0.2) is 6.07 Å². The SMILES string of the molecule is Cc1cc(C)c(C)c(C(Br)C2CCC(C)CC2)c1C. The van der Waals surface area contributed by atoms with Crippen LogP contribution in [-0.2, 0) is 0 Å². The summed E-state index contributed by atoms with van der Waals surface area (Å²) >= 11 is 4.04. The molecular weight excluding hydrogens is 296 g/mol. The number of benzene rings is 1. The van der Waals surface area contributed by atoms with Crippen LogP contribution in [0.2, 0.25) is 0 Å². The Morgan fingerprint density at radius 2 is 1.42 bits per heavy atom. The van der Waals surface area contributed by atoms with E-state index in [9.17, 15) is 0 Å². The molecular formula is C18H27Br. The van der Waals surface area contributed by atoms with Crippen molar-refractivity contribution in [2.24, 2.45) is 11.8 Å². The summed E-state index contributed by atoms with van der Waals surface area (Å²) < 4.78 is 0. The Bertz CT molecular complexity index is 427. The summed E-state index contributed by atoms with van der Waals surface area (Å²) in [6.07, 6.45) is 5.55. The van der Waals surface area contributed by atoms with Gasteiger partial charge in [0.25, 0.3) is 0 Å². The van der Waals surface area contributed by atoms with Crippen LogP contribution in [-0.4, -0.2) is 0 Å². The molecule has 1 aliphatic rings. The van der Waals surface area contributed by atoms with E-state index in [1.807, 2.05) is 0 Å². The molecule has 0 heterocycles. The van der Waals surface area contributed by atoms with Gasteiger partial charge in [-0.2, -0.15) is 0 Å². The van der Waals surface area contributed by atoms with Crippen molar-refractivity contribution >= 4 is 15.9 Å². The molecule has 1 saturated carbocycles. The molecule has 106 valence electrons. The molecule has 0 bridgehead atoms. The Labute approximate surface area is 127 Å². The molecule has 1 heteroatoms. The zero-order valence-electron chi connectivity index (χ0n) is 13.0. The predicted octanol–water partition coefficient (Wildman–Crippen LogP) is 6.18. The first-order chi connectivity index (χ1) is 8.91. The summed E-state index contributed by atoms with van der Waals surface area (Å²) in [6, 6.07) is 2.33. The van der Waals surface area contributed by atoms with Gasteiger partial charge in [-0.15, -0.1) is 0 Å². The van der Waals surface area contributed by atoms with Gasteiger partial charge < -0.3 is 0 Å². The predicted molar refractivity (Wildman–Crippen MR) is 88.2 cm³/mol. The van der Waals surface area contributed by atoms with Crippen molar-refractivity contribution in [1.29, 1.82) is 0 Å². The third kappa shape index (κ3) is 3.07. The molecule has 1 aliphatic carbocycles. The Kier molecular flexibility index (Phi) is 4.76. The van der Waals surface area contributed by atoms with Crippen LogP contribution in [0.25, 0.3) is 0 Å². The van der Waals surface area contributed by atoms with Crippen LogP contribution in [0.1, 0.15) is 65.3 Å². The highest BCUT2D eigenvalue weighted by atomic mass is 79.9. The molecule has 0 amide bonds. The Hall–Kier alpha value is -0.300. The molecule has 1 unspecified atom stereocenters. The van der Waals surface area contributed by atoms with E-state index >= 15 is 0 Å². The van der Waals surface area contributed by atoms with E-state index in [4.69, 9.17) is 0 Å². The minimum absolute atomic E-state index is 0.540. The Balaban J connectivity index is 2.31. The molecule has 0 aliphatic heterocycles. The van der Waals surface area contributed by atoms with Gasteiger partial charge in [0, 0.05) is 4.83 Å². The van der Waals surface area contributed by atoms with Crippen LogP contribution in [0.3, 0.4) is 0 Å². The van der Waals surface area contributed by atoms with E-state index in [0.29, 0.717) is 4.83 Å². The zero-order chi connectivity index (χ0) is 14.2. The van der Waals surface area contributed by atoms with Crippen molar-refractivity contribution in [3.8, 4) is 0 Å². The quantitative estimate of drug-likeness (QED) is 0.570. The zero-order valence-corrected chi connectivity index (χ0v) is 14.6. The van der Waals surface area contributed by atoms with Gasteiger partial charge in [0.15, 0.2) is 0 Å². The average Bonchev–Trinajstić information content (AvgIpc) is 2.37. The van der Waals surface area contributed by atoms with Gasteiger partial charge in [0.2, 0.25) is 0 Å². The van der Waals surface area contributed by atoms with Crippen LogP contribution in [0.5, 0.6) is 0 Å². The van der Waals surface area contributed by atoms with Gasteiger partial charge >= 0.3 is 0 Å². The number of hydrogen-bond donors (Lipinski definition) is 0. The topological polar surface area (TPSA) is 0 Å². The largest absolute Gasteiger partial charge is 0.0836 e. The summed E-state index contributed by atoms with van der Waals surface area (Å²) in [5.41, 5.74) is 7.42. The van der Waals surface area contributed by atoms with Gasteiger partial charge in [-0.3, -0.25) is 0 Å². The van der Waals surface area contributed by atoms with E-state index in [1.54, 1.807) is 5.56 Å². The number of aryl methyl sites for hydroxylation is 2. The van der Waals surface area contributed by atoms with E-state index in [2.05, 4.69) is 56.6 Å². The summed E-state index contributed by atoms with van der Waals surface area (Å²) in [5, 5.41) is 0. The lowest BCUT2D eigenvalue weighted by Crippen LogP contribution is -2.18. The molecule has 0 spiro atoms. The van der Waals surface area contributed by atoms with E-state index in [0.717, 1.165) is 11.8 Å². The number of rotatable bonds is 2. The molecule has 0 radical (unpaired) electrons. The highest BCUT2D eigenvalue weighted by molar-refractivity contribution is 9.09. The van der Waals surface area contributed by atoms with Crippen molar-refractivity contribution in [1.82, 2.24) is 0 Å². The van der Waals surface area contributed by atoms with Crippen LogP contribution >= 0.6 is 15.9 Å². The normalized spacial score (nSPS) is 25.4. The number of alkyl halides is 1. The third-order valence-electron chi connectivity index (χ3n) is 5.17. The molecule has 0 saturated heterocycles. The monoisotopic (exact) mass is 322 g/mol. The second-order valence-electron chi connectivity index (χ2n) is 6.60. The lowest BCUT2D eigenvalue weighted by molar-refractivity contribution is 0.287. The standard InChI is InChI=1S/C18H27Br/c1-11-6-8-16(9-7-11)18(19)17-14(4)12(2)10-13(3)15(17)5/h10-11,16,18H,6-9H2,1-5H3. The summed E-state index contributed by atoms with van der Waals surface area (Å²) in [7, 11) is 0. The highest BCUT2D eigenvalue weighted by Crippen LogP contribution is 2.44. The Morgan fingerprint density at radius 3 is 1.89 bits per heavy atom. The fraction of sp³-hybridized carbons (Fsp3) is 0.667. The molecule has 1 fully saturated rings. The molecule has 1 aromatic carbocycles. The fourth-order valence-corrected chi connectivity index (χ4v) is 4.69. The average molecular weight is 323 g/mol. The first-order valence-electron chi connectivity index (χ1n) is 7.63. The molecule has 19 heavy (non-hydrogen) atoms. The lowest BCUT2D eigenvalue weighted by atomic mass is 9.78. The second kappa shape index (κ2) is 5.99. The third-order valence-corrected chi connectivity index (χ3v) is 6.38. The van der Waals surface area contributed by atoms with E-state index in [-0.39, 0.29) is 0 Å². The summed E-state index contributed by atoms with van der Waals surface area (Å²) in [6.45, 7) is 11.5. The van der Waals surface area contributed by atoms with Crippen LogP contribution < -0.4 is 0 Å². The maximum absolute atomic E-state index is 4.04. The molecule has 2 rings (SSSR count).